The summed E-state index contributed by atoms with van der Waals surface area (Å²) in [4.78, 5) is 0. The van der Waals surface area contributed by atoms with Gasteiger partial charge in [-0.25, -0.2) is 0 Å². The molecule has 4 aromatic rings. The highest BCUT2D eigenvalue weighted by Gasteiger charge is 2.06. The van der Waals surface area contributed by atoms with Gasteiger partial charge < -0.3 is 0 Å². The predicted molar refractivity (Wildman–Crippen MR) is 97.4 cm³/mol. The summed E-state index contributed by atoms with van der Waals surface area (Å²) in [6.07, 6.45) is 1.20. The number of aryl methyl sites for hydroxylation is 1. The van der Waals surface area contributed by atoms with Crippen molar-refractivity contribution in [1.82, 2.24) is 0 Å². The molecule has 0 fully saturated rings. The van der Waals surface area contributed by atoms with Crippen LogP contribution < -0.4 is 0 Å². The van der Waals surface area contributed by atoms with Gasteiger partial charge in [-0.1, -0.05) is 60.6 Å². The highest BCUT2D eigenvalue weighted by atomic mass is 28.1. The molecule has 0 aromatic heterocycles. The number of hydrogen-bond acceptors (Lipinski definition) is 0. The van der Waals surface area contributed by atoms with Gasteiger partial charge in [0.25, 0.3) is 0 Å². The van der Waals surface area contributed by atoms with Gasteiger partial charge in [-0.05, 0) is 56.4 Å². The van der Waals surface area contributed by atoms with E-state index >= 15 is 0 Å². The highest BCUT2D eigenvalue weighted by molar-refractivity contribution is 6.14. The molecule has 0 nitrogen and oxygen atoms in total. The lowest BCUT2D eigenvalue weighted by Crippen LogP contribution is -1.88. The van der Waals surface area contributed by atoms with Gasteiger partial charge >= 0.3 is 0 Å². The maximum atomic E-state index is 2.36. The molecule has 0 saturated heterocycles. The van der Waals surface area contributed by atoms with Crippen molar-refractivity contribution in [3.05, 3.63) is 72.3 Å². The zero-order valence-corrected chi connectivity index (χ0v) is 14.3. The summed E-state index contributed by atoms with van der Waals surface area (Å²) in [7, 11) is 1.27. The quantitative estimate of drug-likeness (QED) is 0.290. The lowest BCUT2D eigenvalue weighted by molar-refractivity contribution is 1.15. The zero-order chi connectivity index (χ0) is 14.2. The summed E-state index contributed by atoms with van der Waals surface area (Å²) in [6, 6.07) is 25.9. The van der Waals surface area contributed by atoms with Gasteiger partial charge in [0.2, 0.25) is 0 Å². The average molecular weight is 286 g/mol. The normalized spacial score (nSPS) is 11.6. The molecule has 0 unspecified atom stereocenters. The Kier molecular flexibility index (Phi) is 3.01. The van der Waals surface area contributed by atoms with E-state index in [2.05, 4.69) is 66.7 Å². The molecular formula is C20H18Si. The van der Waals surface area contributed by atoms with Crippen molar-refractivity contribution in [1.29, 1.82) is 0 Å². The predicted octanol–water partition coefficient (Wildman–Crippen LogP) is 4.47. The van der Waals surface area contributed by atoms with Crippen molar-refractivity contribution >= 4 is 42.6 Å². The van der Waals surface area contributed by atoms with Gasteiger partial charge in [0.05, 0.1) is 0 Å². The van der Waals surface area contributed by atoms with Gasteiger partial charge in [0.1, 0.15) is 0 Å². The van der Waals surface area contributed by atoms with Crippen LogP contribution in [-0.4, -0.2) is 10.2 Å². The van der Waals surface area contributed by atoms with Crippen LogP contribution in [0.3, 0.4) is 0 Å². The Bertz CT molecular complexity index is 954. The number of hydrogen-bond donors (Lipinski definition) is 0. The number of benzene rings is 4. The minimum atomic E-state index is 1.20. The third-order valence-electron chi connectivity index (χ3n) is 4.33. The highest BCUT2D eigenvalue weighted by Crippen LogP contribution is 2.32. The van der Waals surface area contributed by atoms with Crippen molar-refractivity contribution in [3.8, 4) is 0 Å². The van der Waals surface area contributed by atoms with Crippen LogP contribution in [0.4, 0.5) is 0 Å². The molecule has 0 bridgehead atoms. The molecular weight excluding hydrogens is 268 g/mol. The first-order valence-electron chi connectivity index (χ1n) is 7.70. The Morgan fingerprint density at radius 3 is 2.19 bits per heavy atom. The van der Waals surface area contributed by atoms with Crippen LogP contribution in [-0.2, 0) is 6.42 Å². The minimum absolute atomic E-state index is 1.20. The zero-order valence-electron chi connectivity index (χ0n) is 12.3. The summed E-state index contributed by atoms with van der Waals surface area (Å²) >= 11 is 0. The van der Waals surface area contributed by atoms with Crippen molar-refractivity contribution in [2.75, 3.05) is 0 Å². The maximum Gasteiger partial charge on any atom is 0.00321 e. The standard InChI is InChI=1S/C20H18Si/c21-11-10-15-7-3-6-14-8-9-18-12-16-4-1-2-5-17(16)13-19(18)20(14)15/h1-9,12-13H,10-11H2,21H3. The maximum absolute atomic E-state index is 2.36. The minimum Gasteiger partial charge on any atom is -0.0618 e. The first-order valence-corrected chi connectivity index (χ1v) is 9.11. The van der Waals surface area contributed by atoms with Gasteiger partial charge in [-0.2, -0.15) is 0 Å². The van der Waals surface area contributed by atoms with E-state index in [0.717, 1.165) is 0 Å². The molecule has 102 valence electrons. The fourth-order valence-corrected chi connectivity index (χ4v) is 3.90. The van der Waals surface area contributed by atoms with E-state index in [9.17, 15) is 0 Å². The van der Waals surface area contributed by atoms with Gasteiger partial charge in [-0.3, -0.25) is 0 Å². The lowest BCUT2D eigenvalue weighted by Gasteiger charge is -2.10. The fourth-order valence-electron chi connectivity index (χ4n) is 3.36. The van der Waals surface area contributed by atoms with Crippen LogP contribution >= 0.6 is 0 Å². The van der Waals surface area contributed by atoms with Crippen molar-refractivity contribution in [2.24, 2.45) is 0 Å². The molecule has 0 spiro atoms. The van der Waals surface area contributed by atoms with E-state index < -0.39 is 0 Å². The Morgan fingerprint density at radius 2 is 1.38 bits per heavy atom. The molecule has 1 heteroatoms. The summed E-state index contributed by atoms with van der Waals surface area (Å²) in [5, 5.41) is 8.23. The van der Waals surface area contributed by atoms with Crippen molar-refractivity contribution in [3.63, 3.8) is 0 Å². The first kappa shape index (κ1) is 12.6. The van der Waals surface area contributed by atoms with E-state index in [4.69, 9.17) is 0 Å². The molecule has 0 heterocycles. The average Bonchev–Trinajstić information content (AvgIpc) is 2.53. The van der Waals surface area contributed by atoms with Crippen LogP contribution in [0, 0.1) is 0 Å². The molecule has 21 heavy (non-hydrogen) atoms. The van der Waals surface area contributed by atoms with E-state index in [1.807, 2.05) is 0 Å². The molecule has 0 amide bonds. The van der Waals surface area contributed by atoms with Crippen LogP contribution in [0.25, 0.3) is 32.3 Å². The van der Waals surface area contributed by atoms with Crippen molar-refractivity contribution < 1.29 is 0 Å². The van der Waals surface area contributed by atoms with E-state index in [-0.39, 0.29) is 0 Å². The molecule has 0 radical (unpaired) electrons. The van der Waals surface area contributed by atoms with Crippen LogP contribution in [0.1, 0.15) is 5.56 Å². The second kappa shape index (κ2) is 5.01. The first-order chi connectivity index (χ1) is 10.4. The van der Waals surface area contributed by atoms with Crippen molar-refractivity contribution in [2.45, 2.75) is 12.5 Å². The molecule has 0 aliphatic heterocycles. The molecule has 0 aliphatic rings. The third-order valence-corrected chi connectivity index (χ3v) is 4.83. The molecule has 0 atom stereocenters. The molecule has 4 aromatic carbocycles. The van der Waals surface area contributed by atoms with E-state index in [0.29, 0.717) is 0 Å². The van der Waals surface area contributed by atoms with Crippen LogP contribution in [0.15, 0.2) is 66.7 Å². The smallest absolute Gasteiger partial charge is 0.00321 e. The summed E-state index contributed by atoms with van der Waals surface area (Å²) in [5.74, 6) is 0. The summed E-state index contributed by atoms with van der Waals surface area (Å²) in [5.41, 5.74) is 1.50. The Morgan fingerprint density at radius 1 is 0.667 bits per heavy atom. The second-order valence-electron chi connectivity index (χ2n) is 5.75. The fraction of sp³-hybridized carbons (Fsp3) is 0.100. The Hall–Kier alpha value is -2.12. The number of rotatable bonds is 2. The topological polar surface area (TPSA) is 0 Å². The molecule has 0 saturated carbocycles. The summed E-state index contributed by atoms with van der Waals surface area (Å²) < 4.78 is 0. The Balaban J connectivity index is 2.18. The van der Waals surface area contributed by atoms with E-state index in [1.54, 1.807) is 0 Å². The lowest BCUT2D eigenvalue weighted by atomic mass is 9.94. The monoisotopic (exact) mass is 286 g/mol. The SMILES string of the molecule is [SiH3]CCc1cccc2ccc3cc4ccccc4cc3c12. The summed E-state index contributed by atoms with van der Waals surface area (Å²) in [6.45, 7) is 0. The number of fused-ring (bicyclic) bond motifs is 4. The van der Waals surface area contributed by atoms with Crippen LogP contribution in [0.2, 0.25) is 6.04 Å². The van der Waals surface area contributed by atoms with Gasteiger partial charge in [-0.15, -0.1) is 0 Å². The van der Waals surface area contributed by atoms with E-state index in [1.165, 1.54) is 60.6 Å². The second-order valence-corrected chi connectivity index (χ2v) is 6.75. The van der Waals surface area contributed by atoms with Gasteiger partial charge in [0, 0.05) is 10.2 Å². The Labute approximate surface area is 127 Å². The van der Waals surface area contributed by atoms with Crippen LogP contribution in [0.5, 0.6) is 0 Å². The molecule has 0 N–H and O–H groups in total. The molecule has 4 rings (SSSR count). The third kappa shape index (κ3) is 2.05. The largest absolute Gasteiger partial charge is 0.0618 e. The van der Waals surface area contributed by atoms with Gasteiger partial charge in [0.15, 0.2) is 0 Å². The molecule has 0 aliphatic carbocycles.